The zero-order valence-corrected chi connectivity index (χ0v) is 9.74. The predicted molar refractivity (Wildman–Crippen MR) is 60.0 cm³/mol. The van der Waals surface area contributed by atoms with Gasteiger partial charge in [0.1, 0.15) is 9.45 Å². The van der Waals surface area contributed by atoms with E-state index in [2.05, 4.69) is 40.6 Å². The van der Waals surface area contributed by atoms with Gasteiger partial charge >= 0.3 is 0 Å². The van der Waals surface area contributed by atoms with Crippen molar-refractivity contribution in [1.29, 1.82) is 0 Å². The highest BCUT2D eigenvalue weighted by Gasteiger charge is 2.23. The van der Waals surface area contributed by atoms with Crippen LogP contribution in [0, 0.1) is 3.70 Å². The lowest BCUT2D eigenvalue weighted by Gasteiger charge is -2.06. The standard InChI is InChI=1S/C10H12INO/c1-2-7-5-9(6-12-10(7)11)13-8-3-4-8/h5-6,8H,2-4H2,1H3. The number of pyridine rings is 1. The van der Waals surface area contributed by atoms with Gasteiger partial charge in [0, 0.05) is 0 Å². The molecular weight excluding hydrogens is 277 g/mol. The van der Waals surface area contributed by atoms with Crippen LogP contribution in [0.15, 0.2) is 12.3 Å². The third-order valence-corrected chi connectivity index (χ3v) is 3.07. The second-order valence-electron chi connectivity index (χ2n) is 3.29. The summed E-state index contributed by atoms with van der Waals surface area (Å²) in [4.78, 5) is 4.29. The summed E-state index contributed by atoms with van der Waals surface area (Å²) in [6.45, 7) is 2.14. The lowest BCUT2D eigenvalue weighted by atomic mass is 10.2. The Kier molecular flexibility index (Phi) is 2.71. The Labute approximate surface area is 91.8 Å². The number of ether oxygens (including phenoxy) is 1. The number of nitrogens with zero attached hydrogens (tertiary/aromatic N) is 1. The average Bonchev–Trinajstić information content (AvgIpc) is 2.92. The van der Waals surface area contributed by atoms with Gasteiger partial charge < -0.3 is 4.74 Å². The van der Waals surface area contributed by atoms with E-state index in [-0.39, 0.29) is 0 Å². The zero-order valence-electron chi connectivity index (χ0n) is 7.59. The first kappa shape index (κ1) is 9.24. The smallest absolute Gasteiger partial charge is 0.138 e. The second kappa shape index (κ2) is 3.82. The van der Waals surface area contributed by atoms with Crippen LogP contribution in [0.1, 0.15) is 25.3 Å². The van der Waals surface area contributed by atoms with E-state index in [4.69, 9.17) is 4.74 Å². The third-order valence-electron chi connectivity index (χ3n) is 2.09. The van der Waals surface area contributed by atoms with Gasteiger partial charge in [-0.1, -0.05) is 6.92 Å². The van der Waals surface area contributed by atoms with Crippen LogP contribution in [0.4, 0.5) is 0 Å². The fourth-order valence-corrected chi connectivity index (χ4v) is 1.84. The van der Waals surface area contributed by atoms with Crippen molar-refractivity contribution < 1.29 is 4.74 Å². The first-order chi connectivity index (χ1) is 6.29. The highest BCUT2D eigenvalue weighted by molar-refractivity contribution is 14.1. The van der Waals surface area contributed by atoms with Gasteiger partial charge in [0.25, 0.3) is 0 Å². The van der Waals surface area contributed by atoms with Crippen LogP contribution in [0.3, 0.4) is 0 Å². The molecule has 1 aliphatic rings. The van der Waals surface area contributed by atoms with Crippen molar-refractivity contribution in [1.82, 2.24) is 4.98 Å². The minimum Gasteiger partial charge on any atom is -0.489 e. The predicted octanol–water partition coefficient (Wildman–Crippen LogP) is 2.79. The largest absolute Gasteiger partial charge is 0.489 e. The normalized spacial score (nSPS) is 15.8. The van der Waals surface area contributed by atoms with Crippen molar-refractivity contribution >= 4 is 22.6 Å². The Hall–Kier alpha value is -0.320. The number of aryl methyl sites for hydroxylation is 1. The summed E-state index contributed by atoms with van der Waals surface area (Å²) in [7, 11) is 0. The number of hydrogen-bond donors (Lipinski definition) is 0. The van der Waals surface area contributed by atoms with Crippen LogP contribution >= 0.6 is 22.6 Å². The molecule has 0 N–H and O–H groups in total. The van der Waals surface area contributed by atoms with Crippen LogP contribution in [-0.2, 0) is 6.42 Å². The highest BCUT2D eigenvalue weighted by atomic mass is 127. The molecule has 2 rings (SSSR count). The van der Waals surface area contributed by atoms with E-state index >= 15 is 0 Å². The molecule has 0 aromatic carbocycles. The molecule has 0 radical (unpaired) electrons. The van der Waals surface area contributed by atoms with E-state index in [1.54, 1.807) is 0 Å². The van der Waals surface area contributed by atoms with E-state index in [1.807, 2.05) is 6.20 Å². The van der Waals surface area contributed by atoms with Crippen LogP contribution in [0.5, 0.6) is 5.75 Å². The molecule has 0 bridgehead atoms. The molecular formula is C10H12INO. The molecule has 0 saturated heterocycles. The molecule has 0 atom stereocenters. The first-order valence-corrected chi connectivity index (χ1v) is 5.68. The van der Waals surface area contributed by atoms with Crippen molar-refractivity contribution in [2.75, 3.05) is 0 Å². The molecule has 1 heterocycles. The molecule has 13 heavy (non-hydrogen) atoms. The van der Waals surface area contributed by atoms with Crippen LogP contribution in [0.2, 0.25) is 0 Å². The summed E-state index contributed by atoms with van der Waals surface area (Å²) in [6.07, 6.45) is 5.71. The van der Waals surface area contributed by atoms with Gasteiger partial charge in [-0.05, 0) is 53.5 Å². The minimum atomic E-state index is 0.464. The average molecular weight is 289 g/mol. The van der Waals surface area contributed by atoms with Crippen molar-refractivity contribution in [3.05, 3.63) is 21.5 Å². The fourth-order valence-electron chi connectivity index (χ4n) is 1.16. The summed E-state index contributed by atoms with van der Waals surface area (Å²) >= 11 is 2.26. The monoisotopic (exact) mass is 289 g/mol. The van der Waals surface area contributed by atoms with Gasteiger partial charge in [-0.2, -0.15) is 0 Å². The molecule has 0 amide bonds. The lowest BCUT2D eigenvalue weighted by Crippen LogP contribution is -1.99. The molecule has 1 aromatic heterocycles. The Bertz CT molecular complexity index is 310. The maximum Gasteiger partial charge on any atom is 0.138 e. The summed E-state index contributed by atoms with van der Waals surface area (Å²) in [6, 6.07) is 2.10. The molecule has 1 aliphatic carbocycles. The van der Waals surface area contributed by atoms with E-state index < -0.39 is 0 Å². The Balaban J connectivity index is 2.16. The van der Waals surface area contributed by atoms with Gasteiger partial charge in [0.2, 0.25) is 0 Å². The number of hydrogen-bond acceptors (Lipinski definition) is 2. The minimum absolute atomic E-state index is 0.464. The first-order valence-electron chi connectivity index (χ1n) is 4.60. The van der Waals surface area contributed by atoms with Crippen molar-refractivity contribution in [2.24, 2.45) is 0 Å². The van der Waals surface area contributed by atoms with E-state index in [0.29, 0.717) is 6.10 Å². The third kappa shape index (κ3) is 2.33. The van der Waals surface area contributed by atoms with Gasteiger partial charge in [0.15, 0.2) is 0 Å². The maximum absolute atomic E-state index is 5.66. The molecule has 1 aromatic rings. The summed E-state index contributed by atoms with van der Waals surface area (Å²) < 4.78 is 6.74. The van der Waals surface area contributed by atoms with Crippen LogP contribution in [-0.4, -0.2) is 11.1 Å². The van der Waals surface area contributed by atoms with Gasteiger partial charge in [-0.25, -0.2) is 4.98 Å². The summed E-state index contributed by atoms with van der Waals surface area (Å²) in [5, 5.41) is 0. The number of rotatable bonds is 3. The maximum atomic E-state index is 5.66. The van der Waals surface area contributed by atoms with Gasteiger partial charge in [0.05, 0.1) is 12.3 Å². The van der Waals surface area contributed by atoms with Crippen LogP contribution in [0.25, 0.3) is 0 Å². The van der Waals surface area contributed by atoms with E-state index in [0.717, 1.165) is 15.9 Å². The summed E-state index contributed by atoms with van der Waals surface area (Å²) in [5.41, 5.74) is 1.28. The molecule has 2 nitrogen and oxygen atoms in total. The number of halogens is 1. The topological polar surface area (TPSA) is 22.1 Å². The fraction of sp³-hybridized carbons (Fsp3) is 0.500. The van der Waals surface area contributed by atoms with E-state index in [9.17, 15) is 0 Å². The quantitative estimate of drug-likeness (QED) is 0.630. The Morgan fingerprint density at radius 1 is 1.62 bits per heavy atom. The molecule has 3 heteroatoms. The molecule has 0 unspecified atom stereocenters. The van der Waals surface area contributed by atoms with E-state index in [1.165, 1.54) is 18.4 Å². The van der Waals surface area contributed by atoms with Crippen molar-refractivity contribution in [2.45, 2.75) is 32.3 Å². The lowest BCUT2D eigenvalue weighted by molar-refractivity contribution is 0.301. The zero-order chi connectivity index (χ0) is 9.26. The van der Waals surface area contributed by atoms with Gasteiger partial charge in [-0.15, -0.1) is 0 Å². The molecule has 0 spiro atoms. The van der Waals surface area contributed by atoms with Crippen molar-refractivity contribution in [3.63, 3.8) is 0 Å². The Morgan fingerprint density at radius 3 is 3.00 bits per heavy atom. The molecule has 1 fully saturated rings. The summed E-state index contributed by atoms with van der Waals surface area (Å²) in [5.74, 6) is 0.930. The van der Waals surface area contributed by atoms with Gasteiger partial charge in [-0.3, -0.25) is 0 Å². The molecule has 1 saturated carbocycles. The van der Waals surface area contributed by atoms with Crippen LogP contribution < -0.4 is 4.74 Å². The molecule has 70 valence electrons. The van der Waals surface area contributed by atoms with Crippen molar-refractivity contribution in [3.8, 4) is 5.75 Å². The SMILES string of the molecule is CCc1cc(OC2CC2)cnc1I. The Morgan fingerprint density at radius 2 is 2.38 bits per heavy atom. The number of aromatic nitrogens is 1. The second-order valence-corrected chi connectivity index (χ2v) is 4.31. The highest BCUT2D eigenvalue weighted by Crippen LogP contribution is 2.27. The molecule has 0 aliphatic heterocycles.